The van der Waals surface area contributed by atoms with Crippen LogP contribution in [-0.2, 0) is 19.4 Å². The minimum atomic E-state index is -3.28. The highest BCUT2D eigenvalue weighted by Crippen LogP contribution is 2.42. The van der Waals surface area contributed by atoms with E-state index in [1.807, 2.05) is 0 Å². The van der Waals surface area contributed by atoms with E-state index in [0.29, 0.717) is 16.1 Å². The van der Waals surface area contributed by atoms with Gasteiger partial charge in [-0.25, -0.2) is 8.42 Å². The largest absolute Gasteiger partial charge is 0.507 e. The third-order valence-corrected chi connectivity index (χ3v) is 7.32. The zero-order valence-corrected chi connectivity index (χ0v) is 16.9. The van der Waals surface area contributed by atoms with Crippen LogP contribution in [-0.4, -0.2) is 47.7 Å². The van der Waals surface area contributed by atoms with Crippen LogP contribution in [0.4, 0.5) is 0 Å². The van der Waals surface area contributed by atoms with E-state index in [2.05, 4.69) is 0 Å². The molecule has 1 amide bonds. The van der Waals surface area contributed by atoms with Crippen molar-refractivity contribution in [3.05, 3.63) is 76.3 Å². The van der Waals surface area contributed by atoms with Crippen molar-refractivity contribution in [2.24, 2.45) is 0 Å². The molecule has 0 spiro atoms. The van der Waals surface area contributed by atoms with Crippen molar-refractivity contribution in [2.45, 2.75) is 18.5 Å². The maximum Gasteiger partial charge on any atom is 0.295 e. The summed E-state index contributed by atoms with van der Waals surface area (Å²) in [7, 11) is -3.28. The molecule has 0 saturated carbocycles. The van der Waals surface area contributed by atoms with E-state index in [1.54, 1.807) is 54.6 Å². The van der Waals surface area contributed by atoms with Gasteiger partial charge in [-0.2, -0.15) is 0 Å². The molecule has 2 saturated heterocycles. The molecule has 1 N–H and O–H groups in total. The Kier molecular flexibility index (Phi) is 4.96. The minimum absolute atomic E-state index is 0.0350. The predicted molar refractivity (Wildman–Crippen MR) is 109 cm³/mol. The van der Waals surface area contributed by atoms with E-state index >= 15 is 0 Å². The van der Waals surface area contributed by atoms with E-state index < -0.39 is 33.6 Å². The zero-order chi connectivity index (χ0) is 20.8. The summed E-state index contributed by atoms with van der Waals surface area (Å²) in [4.78, 5) is 27.1. The number of halogens is 1. The summed E-state index contributed by atoms with van der Waals surface area (Å²) in [6.45, 7) is 0. The number of nitrogens with zero attached hydrogens (tertiary/aromatic N) is 1. The zero-order valence-electron chi connectivity index (χ0n) is 15.3. The Hall–Kier alpha value is -2.64. The molecule has 2 fully saturated rings. The second-order valence-corrected chi connectivity index (χ2v) is 9.85. The Bertz CT molecular complexity index is 1110. The first-order valence-electron chi connectivity index (χ1n) is 9.10. The molecule has 0 aromatic heterocycles. The van der Waals surface area contributed by atoms with Gasteiger partial charge in [0.1, 0.15) is 5.76 Å². The van der Waals surface area contributed by atoms with Gasteiger partial charge in [0.2, 0.25) is 0 Å². The number of rotatable bonds is 3. The number of Topliss-reactive ketones (excluding diaryl/α,β-unsaturated/α-hetero) is 1. The molecule has 2 aliphatic heterocycles. The van der Waals surface area contributed by atoms with Crippen LogP contribution in [0.1, 0.15) is 23.6 Å². The van der Waals surface area contributed by atoms with Crippen molar-refractivity contribution in [3.63, 3.8) is 0 Å². The van der Waals surface area contributed by atoms with Gasteiger partial charge >= 0.3 is 0 Å². The lowest BCUT2D eigenvalue weighted by Crippen LogP contribution is -2.40. The fraction of sp³-hybridized carbons (Fsp3) is 0.238. The summed E-state index contributed by atoms with van der Waals surface area (Å²) < 4.78 is 24.0. The molecule has 2 aromatic carbocycles. The molecule has 6 nitrogen and oxygen atoms in total. The molecule has 150 valence electrons. The molecule has 0 aliphatic carbocycles. The van der Waals surface area contributed by atoms with Gasteiger partial charge in [-0.1, -0.05) is 54.1 Å². The number of carbonyl (C=O) groups excluding carboxylic acids is 2. The Balaban J connectivity index is 1.89. The highest BCUT2D eigenvalue weighted by atomic mass is 35.5. The Morgan fingerprint density at radius 1 is 1.03 bits per heavy atom. The topological polar surface area (TPSA) is 91.8 Å². The van der Waals surface area contributed by atoms with E-state index in [0.717, 1.165) is 0 Å². The summed E-state index contributed by atoms with van der Waals surface area (Å²) >= 11 is 5.98. The van der Waals surface area contributed by atoms with Crippen molar-refractivity contribution < 1.29 is 23.1 Å². The van der Waals surface area contributed by atoms with E-state index in [4.69, 9.17) is 11.6 Å². The monoisotopic (exact) mass is 431 g/mol. The van der Waals surface area contributed by atoms with Crippen molar-refractivity contribution in [1.82, 2.24) is 4.90 Å². The van der Waals surface area contributed by atoms with Crippen LogP contribution < -0.4 is 0 Å². The number of aliphatic hydroxyl groups is 1. The fourth-order valence-electron chi connectivity index (χ4n) is 3.95. The second-order valence-electron chi connectivity index (χ2n) is 7.18. The van der Waals surface area contributed by atoms with Crippen LogP contribution in [0.25, 0.3) is 5.76 Å². The number of benzene rings is 2. The molecule has 2 aliphatic rings. The molecule has 4 rings (SSSR count). The number of ketones is 1. The number of sulfone groups is 1. The Morgan fingerprint density at radius 2 is 1.69 bits per heavy atom. The van der Waals surface area contributed by atoms with Crippen LogP contribution in [0, 0.1) is 0 Å². The van der Waals surface area contributed by atoms with Gasteiger partial charge in [0, 0.05) is 16.6 Å². The van der Waals surface area contributed by atoms with Gasteiger partial charge in [0.05, 0.1) is 23.1 Å². The van der Waals surface area contributed by atoms with Gasteiger partial charge in [-0.3, -0.25) is 9.59 Å². The molecular weight excluding hydrogens is 414 g/mol. The molecule has 2 heterocycles. The quantitative estimate of drug-likeness (QED) is 0.458. The maximum absolute atomic E-state index is 12.9. The third-order valence-electron chi connectivity index (χ3n) is 5.31. The highest BCUT2D eigenvalue weighted by molar-refractivity contribution is 7.91. The van der Waals surface area contributed by atoms with Gasteiger partial charge in [-0.15, -0.1) is 0 Å². The molecule has 2 atom stereocenters. The van der Waals surface area contributed by atoms with Gasteiger partial charge in [0.15, 0.2) is 9.84 Å². The molecule has 0 unspecified atom stereocenters. The van der Waals surface area contributed by atoms with Gasteiger partial charge in [0.25, 0.3) is 11.7 Å². The van der Waals surface area contributed by atoms with Gasteiger partial charge in [-0.05, 0) is 24.1 Å². The number of hydrogen-bond donors (Lipinski definition) is 1. The molecular formula is C21H18ClNO5S. The summed E-state index contributed by atoms with van der Waals surface area (Å²) in [6, 6.07) is 13.6. The van der Waals surface area contributed by atoms with Crippen LogP contribution in [0.3, 0.4) is 0 Å². The van der Waals surface area contributed by atoms with Crippen LogP contribution in [0.15, 0.2) is 60.2 Å². The average Bonchev–Trinajstić information content (AvgIpc) is 3.19. The number of likely N-dealkylation sites (tertiary alicyclic amines) is 1. The average molecular weight is 432 g/mol. The first-order chi connectivity index (χ1) is 13.8. The van der Waals surface area contributed by atoms with Crippen LogP contribution in [0.2, 0.25) is 5.02 Å². The normalized spacial score (nSPS) is 25.5. The lowest BCUT2D eigenvalue weighted by molar-refractivity contribution is -0.141. The smallest absolute Gasteiger partial charge is 0.295 e. The third kappa shape index (κ3) is 3.56. The van der Waals surface area contributed by atoms with Gasteiger partial charge < -0.3 is 10.0 Å². The molecule has 0 radical (unpaired) electrons. The molecule has 2 aromatic rings. The van der Waals surface area contributed by atoms with Crippen molar-refractivity contribution in [3.8, 4) is 0 Å². The standard InChI is InChI=1S/C21H18ClNO5S/c22-15-8-6-13(7-9-15)18-17(19(24)14-4-2-1-3-5-14)20(25)21(26)23(18)16-10-11-29(27,28)12-16/h1-9,16,18,24H,10-12H2/t16-,18+/m0/s1. The number of amides is 1. The lowest BCUT2D eigenvalue weighted by Gasteiger charge is -2.30. The maximum atomic E-state index is 12.9. The number of hydrogen-bond acceptors (Lipinski definition) is 5. The summed E-state index contributed by atoms with van der Waals surface area (Å²) in [6.07, 6.45) is 0.255. The first kappa shape index (κ1) is 19.7. The number of aliphatic hydroxyl groups excluding tert-OH is 1. The summed E-state index contributed by atoms with van der Waals surface area (Å²) in [5.41, 5.74) is 0.937. The minimum Gasteiger partial charge on any atom is -0.507 e. The SMILES string of the molecule is O=C1C(=O)N([C@H]2CCS(=O)(=O)C2)[C@H](c2ccc(Cl)cc2)C1=C(O)c1ccccc1. The fourth-order valence-corrected chi connectivity index (χ4v) is 5.78. The van der Waals surface area contributed by atoms with E-state index in [-0.39, 0.29) is 29.3 Å². The van der Waals surface area contributed by atoms with Crippen molar-refractivity contribution >= 4 is 38.9 Å². The van der Waals surface area contributed by atoms with E-state index in [9.17, 15) is 23.1 Å². The second kappa shape index (κ2) is 7.31. The summed E-state index contributed by atoms with van der Waals surface area (Å²) in [5, 5.41) is 11.4. The predicted octanol–water partition coefficient (Wildman–Crippen LogP) is 2.95. The van der Waals surface area contributed by atoms with Crippen molar-refractivity contribution in [2.75, 3.05) is 11.5 Å². The van der Waals surface area contributed by atoms with Crippen LogP contribution in [0.5, 0.6) is 0 Å². The molecule has 29 heavy (non-hydrogen) atoms. The van der Waals surface area contributed by atoms with E-state index in [1.165, 1.54) is 4.90 Å². The first-order valence-corrected chi connectivity index (χ1v) is 11.3. The Morgan fingerprint density at radius 3 is 2.28 bits per heavy atom. The Labute approximate surface area is 173 Å². The summed E-state index contributed by atoms with van der Waals surface area (Å²) in [5.74, 6) is -2.14. The highest BCUT2D eigenvalue weighted by Gasteiger charge is 2.50. The lowest BCUT2D eigenvalue weighted by atomic mass is 9.95. The van der Waals surface area contributed by atoms with Crippen LogP contribution >= 0.6 is 11.6 Å². The van der Waals surface area contributed by atoms with Crippen molar-refractivity contribution in [1.29, 1.82) is 0 Å². The molecule has 0 bridgehead atoms. The molecule has 8 heteroatoms. The number of carbonyl (C=O) groups is 2.